The van der Waals surface area contributed by atoms with Gasteiger partial charge in [-0.3, -0.25) is 9.10 Å². The summed E-state index contributed by atoms with van der Waals surface area (Å²) < 4.78 is 36.2. The Balaban J connectivity index is 2.39. The van der Waals surface area contributed by atoms with Crippen molar-refractivity contribution in [1.82, 2.24) is 0 Å². The highest BCUT2D eigenvalue weighted by atomic mass is 35.5. The van der Waals surface area contributed by atoms with Crippen LogP contribution in [-0.4, -0.2) is 40.8 Å². The Bertz CT molecular complexity index is 982. The number of hydrogen-bond donors (Lipinski definition) is 1. The zero-order valence-electron chi connectivity index (χ0n) is 15.7. The Kier molecular flexibility index (Phi) is 7.03. The van der Waals surface area contributed by atoms with Crippen molar-refractivity contribution in [1.29, 1.82) is 0 Å². The molecule has 0 aliphatic heterocycles. The van der Waals surface area contributed by atoms with Crippen LogP contribution in [0, 0.1) is 0 Å². The number of benzene rings is 2. The summed E-state index contributed by atoms with van der Waals surface area (Å²) in [4.78, 5) is 12.8. The van der Waals surface area contributed by atoms with Gasteiger partial charge in [-0.15, -0.1) is 0 Å². The van der Waals surface area contributed by atoms with Crippen molar-refractivity contribution in [3.8, 4) is 11.5 Å². The topological polar surface area (TPSA) is 84.9 Å². The minimum Gasteiger partial charge on any atom is -0.495 e. The first-order valence-electron chi connectivity index (χ1n) is 8.05. The quantitative estimate of drug-likeness (QED) is 0.698. The van der Waals surface area contributed by atoms with Crippen LogP contribution < -0.4 is 19.1 Å². The summed E-state index contributed by atoms with van der Waals surface area (Å²) >= 11 is 12.1. The molecule has 0 saturated carbocycles. The van der Waals surface area contributed by atoms with Crippen molar-refractivity contribution in [2.45, 2.75) is 13.0 Å². The molecule has 1 N–H and O–H groups in total. The van der Waals surface area contributed by atoms with Crippen LogP contribution in [-0.2, 0) is 14.8 Å². The third kappa shape index (κ3) is 5.01. The monoisotopic (exact) mass is 446 g/mol. The van der Waals surface area contributed by atoms with Gasteiger partial charge in [-0.1, -0.05) is 23.2 Å². The number of anilines is 2. The first-order valence-corrected chi connectivity index (χ1v) is 10.7. The molecule has 1 amide bonds. The van der Waals surface area contributed by atoms with Crippen LogP contribution in [0.1, 0.15) is 6.92 Å². The molecule has 2 aromatic rings. The van der Waals surface area contributed by atoms with Crippen molar-refractivity contribution in [3.05, 3.63) is 46.4 Å². The number of rotatable bonds is 7. The Morgan fingerprint density at radius 2 is 1.68 bits per heavy atom. The molecule has 10 heteroatoms. The smallest absolute Gasteiger partial charge is 0.247 e. The molecule has 0 aliphatic rings. The number of nitrogens with zero attached hydrogens (tertiary/aromatic N) is 1. The van der Waals surface area contributed by atoms with E-state index in [0.29, 0.717) is 21.5 Å². The lowest BCUT2D eigenvalue weighted by Gasteiger charge is -2.29. The van der Waals surface area contributed by atoms with Gasteiger partial charge in [-0.05, 0) is 43.3 Å². The highest BCUT2D eigenvalue weighted by molar-refractivity contribution is 7.92. The van der Waals surface area contributed by atoms with Crippen LogP contribution in [0.25, 0.3) is 0 Å². The van der Waals surface area contributed by atoms with E-state index in [-0.39, 0.29) is 11.4 Å². The number of nitrogens with one attached hydrogen (secondary N) is 1. The molecular weight excluding hydrogens is 427 g/mol. The first kappa shape index (κ1) is 22.1. The van der Waals surface area contributed by atoms with E-state index in [2.05, 4.69) is 5.32 Å². The minimum absolute atomic E-state index is 0.160. The van der Waals surface area contributed by atoms with E-state index in [1.54, 1.807) is 18.2 Å². The lowest BCUT2D eigenvalue weighted by molar-refractivity contribution is -0.116. The number of sulfonamides is 1. The Hall–Kier alpha value is -2.16. The fraction of sp³-hybridized carbons (Fsp3) is 0.278. The molecule has 2 rings (SSSR count). The number of carbonyl (C=O) groups is 1. The normalized spacial score (nSPS) is 12.2. The van der Waals surface area contributed by atoms with Crippen molar-refractivity contribution < 1.29 is 22.7 Å². The number of ether oxygens (including phenoxy) is 2. The number of hydrogen-bond acceptors (Lipinski definition) is 5. The predicted octanol–water partition coefficient (Wildman–Crippen LogP) is 3.80. The average Bonchev–Trinajstić information content (AvgIpc) is 2.61. The van der Waals surface area contributed by atoms with E-state index >= 15 is 0 Å². The molecule has 0 bridgehead atoms. The zero-order valence-corrected chi connectivity index (χ0v) is 18.0. The summed E-state index contributed by atoms with van der Waals surface area (Å²) in [5, 5.41) is 3.26. The Morgan fingerprint density at radius 3 is 2.21 bits per heavy atom. The fourth-order valence-corrected chi connectivity index (χ4v) is 4.20. The van der Waals surface area contributed by atoms with E-state index in [1.807, 2.05) is 0 Å². The summed E-state index contributed by atoms with van der Waals surface area (Å²) in [5.41, 5.74) is 0.557. The van der Waals surface area contributed by atoms with Crippen molar-refractivity contribution in [2.75, 3.05) is 30.1 Å². The molecule has 0 radical (unpaired) electrons. The summed E-state index contributed by atoms with van der Waals surface area (Å²) in [7, 11) is -0.959. The van der Waals surface area contributed by atoms with Gasteiger partial charge in [-0.2, -0.15) is 0 Å². The number of halogens is 2. The molecule has 0 aliphatic carbocycles. The Labute approximate surface area is 174 Å². The second kappa shape index (κ2) is 8.89. The van der Waals surface area contributed by atoms with Crippen molar-refractivity contribution in [3.63, 3.8) is 0 Å². The number of amides is 1. The van der Waals surface area contributed by atoms with E-state index in [0.717, 1.165) is 10.6 Å². The SMILES string of the molecule is COc1ccc(NC(=O)[C@H](C)N(c2cc(Cl)ccc2OC)S(C)(=O)=O)cc1Cl. The van der Waals surface area contributed by atoms with Gasteiger partial charge in [0.05, 0.1) is 31.2 Å². The average molecular weight is 447 g/mol. The third-order valence-corrected chi connectivity index (χ3v) is 5.64. The summed E-state index contributed by atoms with van der Waals surface area (Å²) in [5.74, 6) is 0.157. The van der Waals surface area contributed by atoms with E-state index < -0.39 is 22.0 Å². The number of methoxy groups -OCH3 is 2. The van der Waals surface area contributed by atoms with Crippen LogP contribution >= 0.6 is 23.2 Å². The largest absolute Gasteiger partial charge is 0.495 e. The van der Waals surface area contributed by atoms with Gasteiger partial charge in [-0.25, -0.2) is 8.42 Å². The molecule has 0 fully saturated rings. The predicted molar refractivity (Wildman–Crippen MR) is 111 cm³/mol. The van der Waals surface area contributed by atoms with Gasteiger partial charge >= 0.3 is 0 Å². The maximum absolute atomic E-state index is 12.8. The standard InChI is InChI=1S/C18H20Cl2N2O5S/c1-11(18(23)21-13-6-8-16(26-2)14(20)10-13)22(28(4,24)25)15-9-12(19)5-7-17(15)27-3/h5-11H,1-4H3,(H,21,23)/t11-/m0/s1. The third-order valence-electron chi connectivity index (χ3n) is 3.89. The van der Waals surface area contributed by atoms with Gasteiger partial charge < -0.3 is 14.8 Å². The first-order chi connectivity index (χ1) is 13.1. The van der Waals surface area contributed by atoms with Crippen LogP contribution in [0.5, 0.6) is 11.5 Å². The second-order valence-electron chi connectivity index (χ2n) is 5.89. The molecule has 0 spiro atoms. The van der Waals surface area contributed by atoms with Crippen molar-refractivity contribution >= 4 is 50.5 Å². The molecule has 0 heterocycles. The second-order valence-corrected chi connectivity index (χ2v) is 8.59. The molecule has 0 saturated heterocycles. The van der Waals surface area contributed by atoms with E-state index in [4.69, 9.17) is 32.7 Å². The van der Waals surface area contributed by atoms with Gasteiger partial charge in [0.1, 0.15) is 17.5 Å². The molecule has 0 unspecified atom stereocenters. The van der Waals surface area contributed by atoms with Crippen LogP contribution in [0.4, 0.5) is 11.4 Å². The van der Waals surface area contributed by atoms with Crippen molar-refractivity contribution in [2.24, 2.45) is 0 Å². The number of carbonyl (C=O) groups excluding carboxylic acids is 1. The highest BCUT2D eigenvalue weighted by Gasteiger charge is 2.31. The van der Waals surface area contributed by atoms with Gasteiger partial charge in [0.2, 0.25) is 15.9 Å². The van der Waals surface area contributed by atoms with Gasteiger partial charge in [0.15, 0.2) is 0 Å². The van der Waals surface area contributed by atoms with E-state index in [9.17, 15) is 13.2 Å². The van der Waals surface area contributed by atoms with Crippen LogP contribution in [0.2, 0.25) is 10.0 Å². The van der Waals surface area contributed by atoms with Crippen LogP contribution in [0.3, 0.4) is 0 Å². The summed E-state index contributed by atoms with van der Waals surface area (Å²) in [6.45, 7) is 1.46. The van der Waals surface area contributed by atoms with Gasteiger partial charge in [0, 0.05) is 10.7 Å². The van der Waals surface area contributed by atoms with Crippen LogP contribution in [0.15, 0.2) is 36.4 Å². The summed E-state index contributed by atoms with van der Waals surface area (Å²) in [6.07, 6.45) is 1.00. The molecule has 1 atom stereocenters. The summed E-state index contributed by atoms with van der Waals surface area (Å²) in [6, 6.07) is 8.13. The molecule has 152 valence electrons. The lowest BCUT2D eigenvalue weighted by Crippen LogP contribution is -2.45. The van der Waals surface area contributed by atoms with Gasteiger partial charge in [0.25, 0.3) is 0 Å². The molecule has 2 aromatic carbocycles. The zero-order chi connectivity index (χ0) is 21.1. The lowest BCUT2D eigenvalue weighted by atomic mass is 10.2. The van der Waals surface area contributed by atoms with E-state index in [1.165, 1.54) is 39.3 Å². The minimum atomic E-state index is -3.83. The maximum Gasteiger partial charge on any atom is 0.247 e. The molecule has 0 aromatic heterocycles. The maximum atomic E-state index is 12.8. The fourth-order valence-electron chi connectivity index (χ4n) is 2.61. The molecule has 7 nitrogen and oxygen atoms in total. The highest BCUT2D eigenvalue weighted by Crippen LogP contribution is 2.34. The molecular formula is C18H20Cl2N2O5S. The molecule has 28 heavy (non-hydrogen) atoms. The Morgan fingerprint density at radius 1 is 1.07 bits per heavy atom.